The number of rotatable bonds is 8. The normalized spacial score (nSPS) is 12.0. The molecule has 2 rings (SSSR count). The van der Waals surface area contributed by atoms with Gasteiger partial charge in [-0.05, 0) is 50.8 Å². The molecule has 2 aromatic carbocycles. The highest BCUT2D eigenvalue weighted by atomic mass is 32.2. The predicted molar refractivity (Wildman–Crippen MR) is 112 cm³/mol. The van der Waals surface area contributed by atoms with Crippen LogP contribution in [0.4, 0.5) is 0 Å². The Morgan fingerprint density at radius 1 is 1.04 bits per heavy atom. The minimum Gasteiger partial charge on any atom is -0.373 e. The Morgan fingerprint density at radius 2 is 1.72 bits per heavy atom. The molecule has 1 unspecified atom stereocenters. The fourth-order valence-electron chi connectivity index (χ4n) is 3.21. The SMILES string of the molecule is C=C(NC(Cc1cc(C)cc(C)c1)c1cc(C)ccc1C)SCCN. The van der Waals surface area contributed by atoms with Crippen LogP contribution in [-0.2, 0) is 6.42 Å². The second-order valence-corrected chi connectivity index (χ2v) is 8.01. The number of nitrogens with one attached hydrogen (secondary N) is 1. The molecule has 2 nitrogen and oxygen atoms in total. The van der Waals surface area contributed by atoms with Gasteiger partial charge in [-0.1, -0.05) is 59.7 Å². The summed E-state index contributed by atoms with van der Waals surface area (Å²) in [5.74, 6) is 0.884. The van der Waals surface area contributed by atoms with Crippen molar-refractivity contribution in [2.75, 3.05) is 12.3 Å². The summed E-state index contributed by atoms with van der Waals surface area (Å²) in [6.07, 6.45) is 0.940. The fourth-order valence-corrected chi connectivity index (χ4v) is 3.80. The second kappa shape index (κ2) is 9.12. The Hall–Kier alpha value is -1.71. The first-order valence-electron chi connectivity index (χ1n) is 8.81. The maximum absolute atomic E-state index is 5.63. The molecular weight excluding hydrogens is 324 g/mol. The number of hydrogen-bond donors (Lipinski definition) is 2. The summed E-state index contributed by atoms with van der Waals surface area (Å²) in [5, 5.41) is 4.62. The Morgan fingerprint density at radius 3 is 2.36 bits per heavy atom. The highest BCUT2D eigenvalue weighted by Crippen LogP contribution is 2.26. The van der Waals surface area contributed by atoms with Crippen LogP contribution in [0.1, 0.15) is 39.4 Å². The molecule has 0 saturated heterocycles. The zero-order valence-corrected chi connectivity index (χ0v) is 16.7. The van der Waals surface area contributed by atoms with Crippen molar-refractivity contribution in [1.29, 1.82) is 0 Å². The predicted octanol–water partition coefficient (Wildman–Crippen LogP) is 4.96. The third-order valence-electron chi connectivity index (χ3n) is 4.26. The lowest BCUT2D eigenvalue weighted by molar-refractivity contribution is 0.609. The molecule has 3 N–H and O–H groups in total. The van der Waals surface area contributed by atoms with Gasteiger partial charge in [0, 0.05) is 12.3 Å². The zero-order valence-electron chi connectivity index (χ0n) is 15.9. The Labute approximate surface area is 156 Å². The molecule has 0 aromatic heterocycles. The lowest BCUT2D eigenvalue weighted by atomic mass is 9.93. The van der Waals surface area contributed by atoms with Gasteiger partial charge in [-0.25, -0.2) is 0 Å². The van der Waals surface area contributed by atoms with Gasteiger partial charge in [-0.2, -0.15) is 0 Å². The standard InChI is InChI=1S/C22H30N2S/c1-15-6-7-18(4)21(13-15)22(24-19(5)25-9-8-23)14-20-11-16(2)10-17(3)12-20/h6-7,10-13,22,24H,5,8-9,14,23H2,1-4H3. The summed E-state index contributed by atoms with van der Waals surface area (Å²) < 4.78 is 0. The molecule has 0 aliphatic heterocycles. The lowest BCUT2D eigenvalue weighted by Gasteiger charge is -2.24. The quantitative estimate of drug-likeness (QED) is 0.704. The molecule has 134 valence electrons. The van der Waals surface area contributed by atoms with Crippen LogP contribution in [0.15, 0.2) is 48.0 Å². The fraction of sp³-hybridized carbons (Fsp3) is 0.364. The van der Waals surface area contributed by atoms with Gasteiger partial charge in [-0.15, -0.1) is 11.8 Å². The van der Waals surface area contributed by atoms with Crippen molar-refractivity contribution < 1.29 is 0 Å². The average molecular weight is 355 g/mol. The molecule has 2 aromatic rings. The Bertz CT molecular complexity index is 717. The van der Waals surface area contributed by atoms with Crippen molar-refractivity contribution in [1.82, 2.24) is 5.32 Å². The molecular formula is C22H30N2S. The summed E-state index contributed by atoms with van der Waals surface area (Å²) in [6.45, 7) is 13.5. The van der Waals surface area contributed by atoms with Crippen molar-refractivity contribution in [3.63, 3.8) is 0 Å². The van der Waals surface area contributed by atoms with Crippen molar-refractivity contribution in [2.24, 2.45) is 5.73 Å². The van der Waals surface area contributed by atoms with Crippen LogP contribution in [-0.4, -0.2) is 12.3 Å². The summed E-state index contributed by atoms with van der Waals surface area (Å²) >= 11 is 1.70. The Balaban J connectivity index is 2.30. The van der Waals surface area contributed by atoms with Gasteiger partial charge in [0.25, 0.3) is 0 Å². The number of thioether (sulfide) groups is 1. The molecule has 0 radical (unpaired) electrons. The molecule has 0 spiro atoms. The van der Waals surface area contributed by atoms with Crippen LogP contribution >= 0.6 is 11.8 Å². The van der Waals surface area contributed by atoms with Gasteiger partial charge in [0.1, 0.15) is 0 Å². The average Bonchev–Trinajstić information content (AvgIpc) is 2.53. The van der Waals surface area contributed by atoms with Crippen LogP contribution in [0.5, 0.6) is 0 Å². The molecule has 0 amide bonds. The molecule has 3 heteroatoms. The van der Waals surface area contributed by atoms with Crippen LogP contribution < -0.4 is 11.1 Å². The van der Waals surface area contributed by atoms with Crippen LogP contribution in [0, 0.1) is 27.7 Å². The summed E-state index contributed by atoms with van der Waals surface area (Å²) in [7, 11) is 0. The van der Waals surface area contributed by atoms with Crippen LogP contribution in [0.25, 0.3) is 0 Å². The molecule has 0 bridgehead atoms. The largest absolute Gasteiger partial charge is 0.373 e. The highest BCUT2D eigenvalue weighted by Gasteiger charge is 2.16. The van der Waals surface area contributed by atoms with Crippen LogP contribution in [0.2, 0.25) is 0 Å². The minimum absolute atomic E-state index is 0.207. The molecule has 0 aliphatic rings. The van der Waals surface area contributed by atoms with Gasteiger partial charge >= 0.3 is 0 Å². The van der Waals surface area contributed by atoms with Crippen LogP contribution in [0.3, 0.4) is 0 Å². The molecule has 0 saturated carbocycles. The maximum atomic E-state index is 5.63. The minimum atomic E-state index is 0.207. The van der Waals surface area contributed by atoms with E-state index >= 15 is 0 Å². The first-order valence-corrected chi connectivity index (χ1v) is 9.80. The van der Waals surface area contributed by atoms with Gasteiger partial charge in [0.05, 0.1) is 11.1 Å². The number of aryl methyl sites for hydroxylation is 4. The molecule has 0 aliphatic carbocycles. The van der Waals surface area contributed by atoms with Gasteiger partial charge < -0.3 is 11.1 Å². The van der Waals surface area contributed by atoms with Crippen molar-refractivity contribution >= 4 is 11.8 Å². The smallest absolute Gasteiger partial charge is 0.0613 e. The maximum Gasteiger partial charge on any atom is 0.0613 e. The molecule has 0 heterocycles. The van der Waals surface area contributed by atoms with Crippen molar-refractivity contribution in [2.45, 2.75) is 40.2 Å². The third kappa shape index (κ3) is 5.94. The molecule has 1 atom stereocenters. The van der Waals surface area contributed by atoms with E-state index in [0.717, 1.165) is 17.2 Å². The first-order chi connectivity index (χ1) is 11.9. The second-order valence-electron chi connectivity index (χ2n) is 6.82. The topological polar surface area (TPSA) is 38.0 Å². The van der Waals surface area contributed by atoms with E-state index in [9.17, 15) is 0 Å². The van der Waals surface area contributed by atoms with Crippen molar-refractivity contribution in [3.8, 4) is 0 Å². The molecule has 0 fully saturated rings. The zero-order chi connectivity index (χ0) is 18.4. The Kier molecular flexibility index (Phi) is 7.15. The summed E-state index contributed by atoms with van der Waals surface area (Å²) in [4.78, 5) is 0. The van der Waals surface area contributed by atoms with E-state index in [4.69, 9.17) is 5.73 Å². The summed E-state index contributed by atoms with van der Waals surface area (Å²) in [6, 6.07) is 13.7. The van der Waals surface area contributed by atoms with E-state index in [1.54, 1.807) is 11.8 Å². The number of hydrogen-bond acceptors (Lipinski definition) is 3. The first kappa shape index (κ1) is 19.6. The van der Waals surface area contributed by atoms with E-state index in [0.29, 0.717) is 6.54 Å². The van der Waals surface area contributed by atoms with Gasteiger partial charge in [0.15, 0.2) is 0 Å². The number of nitrogens with two attached hydrogens (primary N) is 1. The van der Waals surface area contributed by atoms with Gasteiger partial charge in [0.2, 0.25) is 0 Å². The van der Waals surface area contributed by atoms with Crippen molar-refractivity contribution in [3.05, 3.63) is 81.4 Å². The summed E-state index contributed by atoms with van der Waals surface area (Å²) in [5.41, 5.74) is 13.5. The third-order valence-corrected chi connectivity index (χ3v) is 5.17. The van der Waals surface area contributed by atoms with E-state index in [1.165, 1.54) is 33.4 Å². The number of benzene rings is 2. The van der Waals surface area contributed by atoms with Gasteiger partial charge in [-0.3, -0.25) is 0 Å². The van der Waals surface area contributed by atoms with E-state index < -0.39 is 0 Å². The van der Waals surface area contributed by atoms with E-state index in [2.05, 4.69) is 76.0 Å². The molecule has 25 heavy (non-hydrogen) atoms. The monoisotopic (exact) mass is 354 g/mol. The van der Waals surface area contributed by atoms with E-state index in [-0.39, 0.29) is 6.04 Å². The highest BCUT2D eigenvalue weighted by molar-refractivity contribution is 8.03. The lowest BCUT2D eigenvalue weighted by Crippen LogP contribution is -2.23. The van der Waals surface area contributed by atoms with E-state index in [1.807, 2.05) is 0 Å².